The predicted molar refractivity (Wildman–Crippen MR) is 107 cm³/mol. The number of benzene rings is 2. The van der Waals surface area contributed by atoms with Crippen molar-refractivity contribution < 1.29 is 13.6 Å². The highest BCUT2D eigenvalue weighted by molar-refractivity contribution is 7.15. The minimum Gasteiger partial charge on any atom is -0.450 e. The van der Waals surface area contributed by atoms with E-state index in [1.807, 2.05) is 0 Å². The smallest absolute Gasteiger partial charge is 0.297 e. The second-order valence-corrected chi connectivity index (χ2v) is 8.14. The number of carbonyl (C=O) groups excluding carboxylic acids is 1. The molecule has 0 spiro atoms. The number of nitrogens with zero attached hydrogens (tertiary/aromatic N) is 3. The van der Waals surface area contributed by atoms with Crippen molar-refractivity contribution in [1.29, 1.82) is 0 Å². The Kier molecular flexibility index (Phi) is 4.01. The number of halogens is 2. The van der Waals surface area contributed by atoms with Gasteiger partial charge < -0.3 is 4.42 Å². The van der Waals surface area contributed by atoms with Crippen LogP contribution in [0.25, 0.3) is 11.0 Å². The van der Waals surface area contributed by atoms with E-state index in [0.29, 0.717) is 20.7 Å². The van der Waals surface area contributed by atoms with Crippen LogP contribution in [0.5, 0.6) is 0 Å². The van der Waals surface area contributed by atoms with E-state index in [9.17, 15) is 14.0 Å². The van der Waals surface area contributed by atoms with Gasteiger partial charge in [0, 0.05) is 5.02 Å². The molecule has 0 saturated carbocycles. The van der Waals surface area contributed by atoms with Gasteiger partial charge in [-0.25, -0.2) is 4.39 Å². The fraction of sp³-hybridized carbons (Fsp3) is 0.100. The molecule has 0 radical (unpaired) electrons. The van der Waals surface area contributed by atoms with E-state index in [0.717, 1.165) is 6.07 Å². The van der Waals surface area contributed by atoms with Crippen molar-refractivity contribution in [2.45, 2.75) is 13.0 Å². The summed E-state index contributed by atoms with van der Waals surface area (Å²) in [6.45, 7) is 1.77. The van der Waals surface area contributed by atoms with Crippen LogP contribution in [0.4, 0.5) is 9.52 Å². The fourth-order valence-corrected chi connectivity index (χ4v) is 4.33. The minimum atomic E-state index is -0.786. The van der Waals surface area contributed by atoms with Crippen LogP contribution in [0.15, 0.2) is 51.7 Å². The van der Waals surface area contributed by atoms with Gasteiger partial charge in [-0.3, -0.25) is 14.5 Å². The van der Waals surface area contributed by atoms with E-state index in [2.05, 4.69) is 10.2 Å². The molecule has 1 amide bonds. The normalized spacial score (nSPS) is 15.9. The van der Waals surface area contributed by atoms with E-state index in [4.69, 9.17) is 16.0 Å². The summed E-state index contributed by atoms with van der Waals surface area (Å²) >= 11 is 7.23. The number of aromatic nitrogens is 2. The van der Waals surface area contributed by atoms with Gasteiger partial charge in [0.25, 0.3) is 5.91 Å². The zero-order chi connectivity index (χ0) is 20.3. The molecule has 0 bridgehead atoms. The summed E-state index contributed by atoms with van der Waals surface area (Å²) < 4.78 is 19.5. The topological polar surface area (TPSA) is 76.3 Å². The van der Waals surface area contributed by atoms with Crippen molar-refractivity contribution in [3.63, 3.8) is 0 Å². The Balaban J connectivity index is 1.83. The molecule has 0 fully saturated rings. The van der Waals surface area contributed by atoms with Crippen LogP contribution in [0.2, 0.25) is 5.02 Å². The summed E-state index contributed by atoms with van der Waals surface area (Å²) in [4.78, 5) is 27.9. The summed E-state index contributed by atoms with van der Waals surface area (Å²) in [7, 11) is 0. The molecule has 0 aliphatic carbocycles. The first-order valence-electron chi connectivity index (χ1n) is 8.59. The summed E-state index contributed by atoms with van der Waals surface area (Å²) in [5.74, 6) is -1.14. The van der Waals surface area contributed by atoms with E-state index < -0.39 is 23.2 Å². The van der Waals surface area contributed by atoms with Gasteiger partial charge in [-0.1, -0.05) is 35.1 Å². The number of amides is 1. The van der Waals surface area contributed by atoms with Gasteiger partial charge in [0.1, 0.15) is 16.4 Å². The SMILES string of the molecule is Cc1nnc(N2C(=O)c3oc4ccc(F)cc4c(=O)c3C2c2ccc(Cl)cc2)s1. The average molecular weight is 428 g/mol. The molecule has 29 heavy (non-hydrogen) atoms. The molecule has 1 unspecified atom stereocenters. The van der Waals surface area contributed by atoms with Crippen LogP contribution in [0.1, 0.15) is 32.7 Å². The van der Waals surface area contributed by atoms with Crippen molar-refractivity contribution in [3.8, 4) is 0 Å². The Hall–Kier alpha value is -3.10. The van der Waals surface area contributed by atoms with Crippen molar-refractivity contribution in [2.24, 2.45) is 0 Å². The number of rotatable bonds is 2. The second kappa shape index (κ2) is 6.47. The molecule has 1 aliphatic rings. The van der Waals surface area contributed by atoms with Crippen LogP contribution in [0.3, 0.4) is 0 Å². The highest BCUT2D eigenvalue weighted by Crippen LogP contribution is 2.42. The van der Waals surface area contributed by atoms with Gasteiger partial charge in [0.05, 0.1) is 17.0 Å². The van der Waals surface area contributed by atoms with Crippen LogP contribution in [0, 0.1) is 12.7 Å². The Bertz CT molecular complexity index is 1350. The van der Waals surface area contributed by atoms with Crippen molar-refractivity contribution in [1.82, 2.24) is 10.2 Å². The van der Waals surface area contributed by atoms with Crippen molar-refractivity contribution in [2.75, 3.05) is 4.90 Å². The molecule has 0 N–H and O–H groups in total. The molecule has 2 aromatic heterocycles. The molecule has 144 valence electrons. The largest absolute Gasteiger partial charge is 0.450 e. The number of hydrogen-bond donors (Lipinski definition) is 0. The number of hydrogen-bond acceptors (Lipinski definition) is 6. The maximum absolute atomic E-state index is 13.8. The quantitative estimate of drug-likeness (QED) is 0.471. The lowest BCUT2D eigenvalue weighted by Crippen LogP contribution is -2.29. The Morgan fingerprint density at radius 3 is 2.59 bits per heavy atom. The lowest BCUT2D eigenvalue weighted by Gasteiger charge is -2.22. The lowest BCUT2D eigenvalue weighted by molar-refractivity contribution is 0.0970. The molecule has 5 rings (SSSR count). The third-order valence-electron chi connectivity index (χ3n) is 4.74. The summed E-state index contributed by atoms with van der Waals surface area (Å²) in [6.07, 6.45) is 0. The molecular formula is C20H11ClFN3O3S. The van der Waals surface area contributed by atoms with Gasteiger partial charge in [-0.05, 0) is 42.8 Å². The van der Waals surface area contributed by atoms with Crippen LogP contribution in [-0.2, 0) is 0 Å². The first kappa shape index (κ1) is 18.0. The third-order valence-corrected chi connectivity index (χ3v) is 5.83. The molecule has 9 heteroatoms. The second-order valence-electron chi connectivity index (χ2n) is 6.55. The Morgan fingerprint density at radius 1 is 1.14 bits per heavy atom. The van der Waals surface area contributed by atoms with Crippen molar-refractivity contribution >= 4 is 44.9 Å². The first-order chi connectivity index (χ1) is 13.9. The maximum atomic E-state index is 13.8. The first-order valence-corrected chi connectivity index (χ1v) is 9.79. The number of aryl methyl sites for hydroxylation is 1. The number of anilines is 1. The highest BCUT2D eigenvalue weighted by atomic mass is 35.5. The standard InChI is InChI=1S/C20H11ClFN3O3S/c1-9-23-24-20(29-9)25-16(10-2-4-11(21)5-3-10)15-17(26)13-8-12(22)6-7-14(13)28-18(15)19(25)27/h2-8,16H,1H3. The Labute approximate surface area is 172 Å². The molecule has 1 atom stereocenters. The van der Waals surface area contributed by atoms with Crippen LogP contribution >= 0.6 is 22.9 Å². The number of carbonyl (C=O) groups is 1. The fourth-order valence-electron chi connectivity index (χ4n) is 3.49. The zero-order valence-corrected chi connectivity index (χ0v) is 16.4. The molecule has 1 aliphatic heterocycles. The monoisotopic (exact) mass is 427 g/mol. The molecule has 2 aromatic carbocycles. The average Bonchev–Trinajstić information content (AvgIpc) is 3.25. The van der Waals surface area contributed by atoms with Gasteiger partial charge in [0.15, 0.2) is 5.43 Å². The van der Waals surface area contributed by atoms with E-state index in [1.54, 1.807) is 31.2 Å². The Morgan fingerprint density at radius 2 is 1.90 bits per heavy atom. The third kappa shape index (κ3) is 2.75. The molecular weight excluding hydrogens is 417 g/mol. The molecule has 3 heterocycles. The van der Waals surface area contributed by atoms with Crippen LogP contribution < -0.4 is 10.3 Å². The number of fused-ring (bicyclic) bond motifs is 2. The molecule has 0 saturated heterocycles. The van der Waals surface area contributed by atoms with Crippen LogP contribution in [-0.4, -0.2) is 16.1 Å². The molecule has 4 aromatic rings. The van der Waals surface area contributed by atoms with E-state index in [1.165, 1.54) is 28.4 Å². The molecule has 6 nitrogen and oxygen atoms in total. The minimum absolute atomic E-state index is 0.0748. The zero-order valence-electron chi connectivity index (χ0n) is 14.8. The van der Waals surface area contributed by atoms with Crippen molar-refractivity contribution in [3.05, 3.63) is 85.4 Å². The van der Waals surface area contributed by atoms with Gasteiger partial charge in [0.2, 0.25) is 10.9 Å². The highest BCUT2D eigenvalue weighted by Gasteiger charge is 2.45. The maximum Gasteiger partial charge on any atom is 0.297 e. The van der Waals surface area contributed by atoms with Gasteiger partial charge in [-0.15, -0.1) is 10.2 Å². The summed E-state index contributed by atoms with van der Waals surface area (Å²) in [5.41, 5.74) is 0.479. The lowest BCUT2D eigenvalue weighted by atomic mass is 9.99. The van der Waals surface area contributed by atoms with Gasteiger partial charge in [-0.2, -0.15) is 0 Å². The van der Waals surface area contributed by atoms with Gasteiger partial charge >= 0.3 is 0 Å². The predicted octanol–water partition coefficient (Wildman–Crippen LogP) is 4.50. The van der Waals surface area contributed by atoms with E-state index >= 15 is 0 Å². The summed E-state index contributed by atoms with van der Waals surface area (Å²) in [5, 5.41) is 9.67. The summed E-state index contributed by atoms with van der Waals surface area (Å²) in [6, 6.07) is 9.65. The van der Waals surface area contributed by atoms with E-state index in [-0.39, 0.29) is 22.3 Å².